The first-order valence-electron chi connectivity index (χ1n) is 6.25. The first-order valence-corrected chi connectivity index (χ1v) is 6.63. The van der Waals surface area contributed by atoms with E-state index in [4.69, 9.17) is 17.3 Å². The zero-order valence-corrected chi connectivity index (χ0v) is 10.9. The van der Waals surface area contributed by atoms with Crippen LogP contribution in [0, 0.1) is 17.7 Å². The smallest absolute Gasteiger partial charge is 0.123 e. The van der Waals surface area contributed by atoms with Crippen LogP contribution in [0.4, 0.5) is 4.39 Å². The first kappa shape index (κ1) is 12.8. The predicted molar refractivity (Wildman–Crippen MR) is 69.6 cm³/mol. The summed E-state index contributed by atoms with van der Waals surface area (Å²) in [5.41, 5.74) is 7.04. The second kappa shape index (κ2) is 5.36. The van der Waals surface area contributed by atoms with Gasteiger partial charge in [0.15, 0.2) is 0 Å². The summed E-state index contributed by atoms with van der Waals surface area (Å²) in [6.07, 6.45) is 4.31. The Hall–Kier alpha value is -0.600. The highest BCUT2D eigenvalue weighted by molar-refractivity contribution is 6.31. The number of hydrogen-bond acceptors (Lipinski definition) is 1. The van der Waals surface area contributed by atoms with E-state index in [9.17, 15) is 4.39 Å². The molecule has 1 fully saturated rings. The fourth-order valence-electron chi connectivity index (χ4n) is 2.76. The van der Waals surface area contributed by atoms with E-state index in [1.165, 1.54) is 31.4 Å². The monoisotopic (exact) mass is 255 g/mol. The summed E-state index contributed by atoms with van der Waals surface area (Å²) in [6, 6.07) is 4.59. The summed E-state index contributed by atoms with van der Waals surface area (Å²) in [7, 11) is 0. The molecule has 1 nitrogen and oxygen atoms in total. The van der Waals surface area contributed by atoms with Gasteiger partial charge in [-0.3, -0.25) is 0 Å². The van der Waals surface area contributed by atoms with Crippen LogP contribution in [0.3, 0.4) is 0 Å². The van der Waals surface area contributed by atoms with Crippen molar-refractivity contribution in [1.82, 2.24) is 0 Å². The Morgan fingerprint density at radius 3 is 2.88 bits per heavy atom. The maximum atomic E-state index is 13.1. The minimum atomic E-state index is -0.239. The van der Waals surface area contributed by atoms with E-state index >= 15 is 0 Å². The number of benzene rings is 1. The van der Waals surface area contributed by atoms with Gasteiger partial charge in [-0.05, 0) is 54.9 Å². The maximum absolute atomic E-state index is 13.1. The molecule has 0 heterocycles. The molecular weight excluding hydrogens is 237 g/mol. The van der Waals surface area contributed by atoms with E-state index in [-0.39, 0.29) is 11.9 Å². The molecule has 2 N–H and O–H groups in total. The van der Waals surface area contributed by atoms with Gasteiger partial charge in [0.05, 0.1) is 0 Å². The SMILES string of the molecule is CC1CCC(C(N)Cc2cc(F)ccc2Cl)C1. The highest BCUT2D eigenvalue weighted by atomic mass is 35.5. The molecule has 1 aromatic rings. The van der Waals surface area contributed by atoms with Crippen molar-refractivity contribution in [3.8, 4) is 0 Å². The zero-order chi connectivity index (χ0) is 12.4. The fourth-order valence-corrected chi connectivity index (χ4v) is 2.96. The van der Waals surface area contributed by atoms with E-state index in [0.29, 0.717) is 17.4 Å². The van der Waals surface area contributed by atoms with Gasteiger partial charge in [0.2, 0.25) is 0 Å². The van der Waals surface area contributed by atoms with Gasteiger partial charge in [0.1, 0.15) is 5.82 Å². The summed E-state index contributed by atoms with van der Waals surface area (Å²) in [6.45, 7) is 2.27. The molecular formula is C14H19ClFN. The minimum absolute atomic E-state index is 0.0965. The molecule has 0 saturated heterocycles. The molecule has 3 atom stereocenters. The molecule has 0 radical (unpaired) electrons. The molecule has 1 aromatic carbocycles. The summed E-state index contributed by atoms with van der Waals surface area (Å²) >= 11 is 6.05. The molecule has 3 unspecified atom stereocenters. The van der Waals surface area contributed by atoms with Crippen molar-refractivity contribution in [2.24, 2.45) is 17.6 Å². The van der Waals surface area contributed by atoms with Crippen LogP contribution in [0.5, 0.6) is 0 Å². The van der Waals surface area contributed by atoms with Crippen LogP contribution in [0.2, 0.25) is 5.02 Å². The van der Waals surface area contributed by atoms with Crippen LogP contribution in [-0.2, 0) is 6.42 Å². The second-order valence-corrected chi connectivity index (χ2v) is 5.69. The zero-order valence-electron chi connectivity index (χ0n) is 10.1. The Bertz CT molecular complexity index is 394. The van der Waals surface area contributed by atoms with E-state index in [0.717, 1.165) is 11.5 Å². The van der Waals surface area contributed by atoms with E-state index in [1.807, 2.05) is 0 Å². The lowest BCUT2D eigenvalue weighted by molar-refractivity contribution is 0.415. The fraction of sp³-hybridized carbons (Fsp3) is 0.571. The van der Waals surface area contributed by atoms with Crippen LogP contribution < -0.4 is 5.73 Å². The Balaban J connectivity index is 2.02. The average Bonchev–Trinajstić information content (AvgIpc) is 2.70. The number of nitrogens with two attached hydrogens (primary N) is 1. The lowest BCUT2D eigenvalue weighted by Gasteiger charge is -2.19. The van der Waals surface area contributed by atoms with Crippen LogP contribution in [0.15, 0.2) is 18.2 Å². The number of rotatable bonds is 3. The number of halogens is 2. The normalized spacial score (nSPS) is 26.1. The van der Waals surface area contributed by atoms with E-state index in [1.54, 1.807) is 6.07 Å². The van der Waals surface area contributed by atoms with Gasteiger partial charge >= 0.3 is 0 Å². The molecule has 1 aliphatic carbocycles. The van der Waals surface area contributed by atoms with E-state index in [2.05, 4.69) is 6.92 Å². The summed E-state index contributed by atoms with van der Waals surface area (Å²) in [4.78, 5) is 0. The quantitative estimate of drug-likeness (QED) is 0.874. The highest BCUT2D eigenvalue weighted by Crippen LogP contribution is 2.33. The molecule has 17 heavy (non-hydrogen) atoms. The molecule has 0 aliphatic heterocycles. The molecule has 0 spiro atoms. The predicted octanol–water partition coefficient (Wildman–Crippen LogP) is 3.79. The van der Waals surface area contributed by atoms with Crippen LogP contribution in [0.25, 0.3) is 0 Å². The lowest BCUT2D eigenvalue weighted by atomic mass is 9.92. The van der Waals surface area contributed by atoms with Crippen molar-refractivity contribution in [1.29, 1.82) is 0 Å². The Morgan fingerprint density at radius 2 is 2.24 bits per heavy atom. The minimum Gasteiger partial charge on any atom is -0.327 e. The molecule has 0 aromatic heterocycles. The third-order valence-corrected chi connectivity index (χ3v) is 4.17. The van der Waals surface area contributed by atoms with Crippen molar-refractivity contribution < 1.29 is 4.39 Å². The second-order valence-electron chi connectivity index (χ2n) is 5.28. The Morgan fingerprint density at radius 1 is 1.47 bits per heavy atom. The third kappa shape index (κ3) is 3.20. The van der Waals surface area contributed by atoms with Crippen molar-refractivity contribution >= 4 is 11.6 Å². The van der Waals surface area contributed by atoms with Gasteiger partial charge in [-0.2, -0.15) is 0 Å². The van der Waals surface area contributed by atoms with Gasteiger partial charge in [-0.1, -0.05) is 24.9 Å². The van der Waals surface area contributed by atoms with Gasteiger partial charge in [0.25, 0.3) is 0 Å². The Kier molecular flexibility index (Phi) is 4.05. The van der Waals surface area contributed by atoms with Crippen LogP contribution >= 0.6 is 11.6 Å². The molecule has 1 saturated carbocycles. The number of hydrogen-bond donors (Lipinski definition) is 1. The molecule has 3 heteroatoms. The van der Waals surface area contributed by atoms with Gasteiger partial charge in [0, 0.05) is 11.1 Å². The average molecular weight is 256 g/mol. The summed E-state index contributed by atoms with van der Waals surface area (Å²) < 4.78 is 13.1. The lowest BCUT2D eigenvalue weighted by Crippen LogP contribution is -2.31. The Labute approximate surface area is 107 Å². The van der Waals surface area contributed by atoms with Crippen molar-refractivity contribution in [3.63, 3.8) is 0 Å². The molecule has 1 aliphatic rings. The van der Waals surface area contributed by atoms with Crippen LogP contribution in [-0.4, -0.2) is 6.04 Å². The highest BCUT2D eigenvalue weighted by Gasteiger charge is 2.26. The molecule has 94 valence electrons. The topological polar surface area (TPSA) is 26.0 Å². The van der Waals surface area contributed by atoms with Crippen molar-refractivity contribution in [3.05, 3.63) is 34.6 Å². The largest absolute Gasteiger partial charge is 0.327 e. The van der Waals surface area contributed by atoms with Crippen molar-refractivity contribution in [2.45, 2.75) is 38.6 Å². The molecule has 0 bridgehead atoms. The van der Waals surface area contributed by atoms with Gasteiger partial charge < -0.3 is 5.73 Å². The van der Waals surface area contributed by atoms with Gasteiger partial charge in [-0.15, -0.1) is 0 Å². The summed E-state index contributed by atoms with van der Waals surface area (Å²) in [5.74, 6) is 1.09. The molecule has 0 amide bonds. The van der Waals surface area contributed by atoms with Crippen LogP contribution in [0.1, 0.15) is 31.7 Å². The maximum Gasteiger partial charge on any atom is 0.123 e. The summed E-state index contributed by atoms with van der Waals surface area (Å²) in [5, 5.41) is 0.618. The van der Waals surface area contributed by atoms with Crippen molar-refractivity contribution in [2.75, 3.05) is 0 Å². The standard InChI is InChI=1S/C14H19ClFN/c1-9-2-3-10(6-9)14(17)8-11-7-12(16)4-5-13(11)15/h4-5,7,9-10,14H,2-3,6,8,17H2,1H3. The molecule has 2 rings (SSSR count). The van der Waals surface area contributed by atoms with Gasteiger partial charge in [-0.25, -0.2) is 4.39 Å². The van der Waals surface area contributed by atoms with E-state index < -0.39 is 0 Å². The third-order valence-electron chi connectivity index (χ3n) is 3.80. The first-order chi connectivity index (χ1) is 8.06.